The van der Waals surface area contributed by atoms with E-state index in [9.17, 15) is 4.79 Å². The molecule has 2 aromatic heterocycles. The standard InChI is InChI=1S/C18H14N4O2/c1-24-13-8-6-12(7-9-13)10-20-22-11-19-16-14-4-2-3-5-15(14)21-17(16)18(22)23/h2-11,21H,1H3/b20-10-. The second-order valence-electron chi connectivity index (χ2n) is 5.31. The van der Waals surface area contributed by atoms with Crippen LogP contribution in [0.5, 0.6) is 5.75 Å². The van der Waals surface area contributed by atoms with Crippen molar-refractivity contribution in [1.29, 1.82) is 0 Å². The number of hydrogen-bond acceptors (Lipinski definition) is 4. The molecular formula is C18H14N4O2. The SMILES string of the molecule is COc1ccc(/C=N\n2cnc3c([nH]c4ccccc43)c2=O)cc1. The van der Waals surface area contributed by atoms with Gasteiger partial charge in [-0.2, -0.15) is 9.78 Å². The van der Waals surface area contributed by atoms with Gasteiger partial charge < -0.3 is 9.72 Å². The second-order valence-corrected chi connectivity index (χ2v) is 5.31. The molecule has 0 spiro atoms. The van der Waals surface area contributed by atoms with Gasteiger partial charge >= 0.3 is 0 Å². The number of fused-ring (bicyclic) bond motifs is 3. The summed E-state index contributed by atoms with van der Waals surface area (Å²) < 4.78 is 6.34. The summed E-state index contributed by atoms with van der Waals surface area (Å²) in [5.74, 6) is 0.769. The normalized spacial score (nSPS) is 11.5. The van der Waals surface area contributed by atoms with E-state index in [-0.39, 0.29) is 5.56 Å². The Morgan fingerprint density at radius 2 is 1.96 bits per heavy atom. The van der Waals surface area contributed by atoms with Gasteiger partial charge in [0, 0.05) is 10.9 Å². The predicted molar refractivity (Wildman–Crippen MR) is 93.8 cm³/mol. The van der Waals surface area contributed by atoms with Crippen molar-refractivity contribution in [2.45, 2.75) is 0 Å². The Bertz CT molecular complexity index is 1110. The zero-order valence-electron chi connectivity index (χ0n) is 12.9. The van der Waals surface area contributed by atoms with Gasteiger partial charge in [-0.05, 0) is 35.9 Å². The molecule has 0 atom stereocenters. The summed E-state index contributed by atoms with van der Waals surface area (Å²) in [5.41, 5.74) is 2.62. The summed E-state index contributed by atoms with van der Waals surface area (Å²) in [6, 6.07) is 15.1. The topological polar surface area (TPSA) is 72.3 Å². The minimum absolute atomic E-state index is 0.235. The summed E-state index contributed by atoms with van der Waals surface area (Å²) in [6.45, 7) is 0. The number of para-hydroxylation sites is 1. The summed E-state index contributed by atoms with van der Waals surface area (Å²) in [7, 11) is 1.61. The monoisotopic (exact) mass is 318 g/mol. The van der Waals surface area contributed by atoms with Crippen LogP contribution < -0.4 is 10.3 Å². The number of methoxy groups -OCH3 is 1. The molecule has 0 amide bonds. The maximum Gasteiger partial charge on any atom is 0.298 e. The van der Waals surface area contributed by atoms with Crippen LogP contribution in [0.1, 0.15) is 5.56 Å². The smallest absolute Gasteiger partial charge is 0.298 e. The molecule has 0 aliphatic rings. The second kappa shape index (κ2) is 5.66. The molecular weight excluding hydrogens is 304 g/mol. The fraction of sp³-hybridized carbons (Fsp3) is 0.0556. The largest absolute Gasteiger partial charge is 0.497 e. The van der Waals surface area contributed by atoms with Gasteiger partial charge in [0.25, 0.3) is 5.56 Å². The fourth-order valence-electron chi connectivity index (χ4n) is 2.60. The van der Waals surface area contributed by atoms with E-state index >= 15 is 0 Å². The van der Waals surface area contributed by atoms with E-state index in [2.05, 4.69) is 15.1 Å². The number of rotatable bonds is 3. The molecule has 0 unspecified atom stereocenters. The minimum Gasteiger partial charge on any atom is -0.497 e. The average Bonchev–Trinajstić information content (AvgIpc) is 3.01. The van der Waals surface area contributed by atoms with Crippen molar-refractivity contribution in [2.24, 2.45) is 5.10 Å². The van der Waals surface area contributed by atoms with Crippen molar-refractivity contribution in [3.63, 3.8) is 0 Å². The highest BCUT2D eigenvalue weighted by molar-refractivity contribution is 6.04. The first-order valence-corrected chi connectivity index (χ1v) is 7.43. The van der Waals surface area contributed by atoms with Crippen LogP contribution >= 0.6 is 0 Å². The zero-order valence-corrected chi connectivity index (χ0v) is 12.9. The Balaban J connectivity index is 1.76. The molecule has 1 N–H and O–H groups in total. The molecule has 6 nitrogen and oxygen atoms in total. The maximum atomic E-state index is 12.6. The van der Waals surface area contributed by atoms with Gasteiger partial charge in [-0.15, -0.1) is 0 Å². The molecule has 4 aromatic rings. The Morgan fingerprint density at radius 1 is 1.17 bits per heavy atom. The lowest BCUT2D eigenvalue weighted by molar-refractivity contribution is 0.415. The Morgan fingerprint density at radius 3 is 2.75 bits per heavy atom. The van der Waals surface area contributed by atoms with E-state index in [1.54, 1.807) is 13.3 Å². The van der Waals surface area contributed by atoms with Gasteiger partial charge in [-0.3, -0.25) is 4.79 Å². The van der Waals surface area contributed by atoms with Crippen LogP contribution in [0.2, 0.25) is 0 Å². The van der Waals surface area contributed by atoms with Crippen molar-refractivity contribution in [3.05, 3.63) is 70.8 Å². The van der Waals surface area contributed by atoms with Gasteiger partial charge in [0.15, 0.2) is 0 Å². The summed E-state index contributed by atoms with van der Waals surface area (Å²) in [6.07, 6.45) is 3.04. The van der Waals surface area contributed by atoms with Crippen LogP contribution in [0.4, 0.5) is 0 Å². The van der Waals surface area contributed by atoms with Gasteiger partial charge in [-0.1, -0.05) is 18.2 Å². The lowest BCUT2D eigenvalue weighted by Gasteiger charge is -2.00. The Labute approximate surface area is 137 Å². The number of H-pyrrole nitrogens is 1. The number of ether oxygens (including phenoxy) is 1. The first-order valence-electron chi connectivity index (χ1n) is 7.43. The van der Waals surface area contributed by atoms with E-state index in [4.69, 9.17) is 4.74 Å². The summed E-state index contributed by atoms with van der Waals surface area (Å²) >= 11 is 0. The van der Waals surface area contributed by atoms with E-state index in [1.165, 1.54) is 11.0 Å². The van der Waals surface area contributed by atoms with Crippen LogP contribution in [0.3, 0.4) is 0 Å². The molecule has 0 aliphatic carbocycles. The lowest BCUT2D eigenvalue weighted by Crippen LogP contribution is -2.17. The first kappa shape index (κ1) is 14.2. The average molecular weight is 318 g/mol. The summed E-state index contributed by atoms with van der Waals surface area (Å²) in [5, 5.41) is 5.13. The van der Waals surface area contributed by atoms with Crippen LogP contribution in [0.15, 0.2) is 64.8 Å². The van der Waals surface area contributed by atoms with Crippen molar-refractivity contribution < 1.29 is 4.74 Å². The molecule has 0 fully saturated rings. The highest BCUT2D eigenvalue weighted by Gasteiger charge is 2.09. The number of nitrogens with zero attached hydrogens (tertiary/aromatic N) is 3. The quantitative estimate of drug-likeness (QED) is 0.590. The molecule has 0 aliphatic heterocycles. The molecule has 0 bridgehead atoms. The number of nitrogens with one attached hydrogen (secondary N) is 1. The third-order valence-electron chi connectivity index (χ3n) is 3.84. The van der Waals surface area contributed by atoms with Gasteiger partial charge in [0.1, 0.15) is 23.1 Å². The van der Waals surface area contributed by atoms with Crippen molar-refractivity contribution in [3.8, 4) is 5.75 Å². The fourth-order valence-corrected chi connectivity index (χ4v) is 2.60. The molecule has 24 heavy (non-hydrogen) atoms. The Kier molecular flexibility index (Phi) is 3.35. The molecule has 6 heteroatoms. The summed E-state index contributed by atoms with van der Waals surface area (Å²) in [4.78, 5) is 20.1. The number of benzene rings is 2. The molecule has 0 saturated heterocycles. The van der Waals surface area contributed by atoms with E-state index < -0.39 is 0 Å². The molecule has 2 heterocycles. The van der Waals surface area contributed by atoms with Gasteiger partial charge in [-0.25, -0.2) is 4.98 Å². The number of hydrogen-bond donors (Lipinski definition) is 1. The molecule has 118 valence electrons. The van der Waals surface area contributed by atoms with Crippen LogP contribution in [0, 0.1) is 0 Å². The molecule has 4 rings (SSSR count). The van der Waals surface area contributed by atoms with Crippen LogP contribution in [0.25, 0.3) is 21.9 Å². The van der Waals surface area contributed by atoms with Crippen molar-refractivity contribution in [2.75, 3.05) is 7.11 Å². The van der Waals surface area contributed by atoms with Gasteiger partial charge in [0.05, 0.1) is 13.3 Å². The molecule has 2 aromatic carbocycles. The van der Waals surface area contributed by atoms with Gasteiger partial charge in [0.2, 0.25) is 0 Å². The van der Waals surface area contributed by atoms with E-state index in [1.807, 2.05) is 48.5 Å². The molecule has 0 radical (unpaired) electrons. The van der Waals surface area contributed by atoms with Crippen LogP contribution in [-0.2, 0) is 0 Å². The number of aromatic nitrogens is 3. The molecule has 0 saturated carbocycles. The first-order chi connectivity index (χ1) is 11.8. The van der Waals surface area contributed by atoms with Crippen molar-refractivity contribution in [1.82, 2.24) is 14.6 Å². The highest BCUT2D eigenvalue weighted by atomic mass is 16.5. The highest BCUT2D eigenvalue weighted by Crippen LogP contribution is 2.20. The maximum absolute atomic E-state index is 12.6. The minimum atomic E-state index is -0.235. The Hall–Kier alpha value is -3.41. The van der Waals surface area contributed by atoms with E-state index in [0.29, 0.717) is 11.0 Å². The third kappa shape index (κ3) is 2.34. The predicted octanol–water partition coefficient (Wildman–Crippen LogP) is 2.77. The lowest BCUT2D eigenvalue weighted by atomic mass is 10.2. The van der Waals surface area contributed by atoms with Crippen molar-refractivity contribution >= 4 is 28.2 Å². The third-order valence-corrected chi connectivity index (χ3v) is 3.84. The van der Waals surface area contributed by atoms with Crippen LogP contribution in [-0.4, -0.2) is 28.0 Å². The van der Waals surface area contributed by atoms with E-state index in [0.717, 1.165) is 22.2 Å². The zero-order chi connectivity index (χ0) is 16.5. The number of aromatic amines is 1.